The minimum Gasteiger partial charge on any atom is -0.356 e. The average Bonchev–Trinajstić information content (AvgIpc) is 2.07. The maximum Gasteiger partial charge on any atom is 0.157 e. The molecule has 3 heteroatoms. The quantitative estimate of drug-likeness (QED) is 0.469. The summed E-state index contributed by atoms with van der Waals surface area (Å²) in [7, 11) is 0. The first kappa shape index (κ1) is 7.29. The molecular weight excluding hydrogens is 140 g/mol. The number of hydrogen-bond acceptors (Lipinski definition) is 3. The smallest absolute Gasteiger partial charge is 0.157 e. The number of para-hydroxylation sites is 1. The van der Waals surface area contributed by atoms with E-state index in [2.05, 4.69) is 5.16 Å². The lowest BCUT2D eigenvalue weighted by Crippen LogP contribution is -1.81. The third-order valence-corrected chi connectivity index (χ3v) is 1.01. The topological polar surface area (TPSA) is 45.4 Å². The predicted octanol–water partition coefficient (Wildman–Crippen LogP) is 1.57. The van der Waals surface area contributed by atoms with Crippen molar-refractivity contribution in [3.05, 3.63) is 30.3 Å². The maximum atomic E-state index is 8.06. The Morgan fingerprint density at radius 3 is 2.73 bits per heavy atom. The minimum atomic E-state index is 0.624. The monoisotopic (exact) mass is 146 g/mol. The van der Waals surface area contributed by atoms with Gasteiger partial charge in [0.05, 0.1) is 0 Å². The van der Waals surface area contributed by atoms with Crippen LogP contribution in [-0.2, 0) is 0 Å². The number of rotatable bonds is 2. The highest BCUT2D eigenvalue weighted by molar-refractivity contribution is 5.74. The lowest BCUT2D eigenvalue weighted by atomic mass is 10.3. The van der Waals surface area contributed by atoms with Crippen LogP contribution in [0.2, 0.25) is 0 Å². The van der Waals surface area contributed by atoms with Crippen LogP contribution in [0.15, 0.2) is 35.5 Å². The Labute approximate surface area is 64.5 Å². The fraction of sp³-hybridized carbons (Fsp3) is 0. The third-order valence-electron chi connectivity index (χ3n) is 1.01. The highest BCUT2D eigenvalue weighted by Crippen LogP contribution is 2.07. The zero-order valence-electron chi connectivity index (χ0n) is 5.77. The van der Waals surface area contributed by atoms with E-state index in [1.807, 2.05) is 18.2 Å². The van der Waals surface area contributed by atoms with Crippen LogP contribution in [0.5, 0.6) is 5.75 Å². The first-order chi connectivity index (χ1) is 5.43. The Morgan fingerprint density at radius 1 is 1.36 bits per heavy atom. The molecule has 0 N–H and O–H groups in total. The average molecular weight is 146 g/mol. The molecule has 0 aliphatic rings. The third kappa shape index (κ3) is 2.50. The molecule has 1 aromatic rings. The van der Waals surface area contributed by atoms with Gasteiger partial charge in [0, 0.05) is 0 Å². The van der Waals surface area contributed by atoms with Gasteiger partial charge in [-0.05, 0) is 12.1 Å². The SMILES string of the molecule is N#C/C=N/Oc1ccccc1. The van der Waals surface area contributed by atoms with E-state index in [0.717, 1.165) is 6.21 Å². The van der Waals surface area contributed by atoms with Gasteiger partial charge < -0.3 is 4.84 Å². The summed E-state index contributed by atoms with van der Waals surface area (Å²) in [4.78, 5) is 4.79. The highest BCUT2D eigenvalue weighted by atomic mass is 16.6. The molecule has 0 spiro atoms. The van der Waals surface area contributed by atoms with Crippen LogP contribution >= 0.6 is 0 Å². The van der Waals surface area contributed by atoms with Crippen LogP contribution in [0.25, 0.3) is 0 Å². The van der Waals surface area contributed by atoms with Crippen molar-refractivity contribution in [2.24, 2.45) is 5.16 Å². The number of nitrogens with zero attached hydrogens (tertiary/aromatic N) is 2. The van der Waals surface area contributed by atoms with Crippen molar-refractivity contribution in [1.82, 2.24) is 0 Å². The van der Waals surface area contributed by atoms with Crippen molar-refractivity contribution >= 4 is 6.21 Å². The number of benzene rings is 1. The molecule has 0 unspecified atom stereocenters. The van der Waals surface area contributed by atoms with E-state index in [9.17, 15) is 0 Å². The van der Waals surface area contributed by atoms with Gasteiger partial charge in [0.25, 0.3) is 0 Å². The van der Waals surface area contributed by atoms with Crippen LogP contribution in [0, 0.1) is 11.3 Å². The van der Waals surface area contributed by atoms with Crippen LogP contribution < -0.4 is 4.84 Å². The molecule has 0 saturated carbocycles. The normalized spacial score (nSPS) is 9.36. The summed E-state index contributed by atoms with van der Waals surface area (Å²) in [6.07, 6.45) is 1.03. The molecule has 0 saturated heterocycles. The molecule has 0 aliphatic carbocycles. The van der Waals surface area contributed by atoms with E-state index in [0.29, 0.717) is 5.75 Å². The fourth-order valence-corrected chi connectivity index (χ4v) is 0.592. The zero-order chi connectivity index (χ0) is 7.94. The van der Waals surface area contributed by atoms with Gasteiger partial charge in [-0.15, -0.1) is 0 Å². The van der Waals surface area contributed by atoms with E-state index in [-0.39, 0.29) is 0 Å². The molecule has 0 aliphatic heterocycles. The molecule has 0 radical (unpaired) electrons. The van der Waals surface area contributed by atoms with Gasteiger partial charge >= 0.3 is 0 Å². The lowest BCUT2D eigenvalue weighted by Gasteiger charge is -1.93. The van der Waals surface area contributed by atoms with Crippen molar-refractivity contribution in [2.45, 2.75) is 0 Å². The summed E-state index contributed by atoms with van der Waals surface area (Å²) < 4.78 is 0. The fourth-order valence-electron chi connectivity index (χ4n) is 0.592. The number of hydrogen-bond donors (Lipinski definition) is 0. The Balaban J connectivity index is 2.53. The summed E-state index contributed by atoms with van der Waals surface area (Å²) in [6, 6.07) is 10.8. The standard InChI is InChI=1S/C8H6N2O/c9-6-7-10-11-8-4-2-1-3-5-8/h1-5,7H/b10-7+. The molecule has 0 aromatic heterocycles. The van der Waals surface area contributed by atoms with Crippen LogP contribution in [0.3, 0.4) is 0 Å². The van der Waals surface area contributed by atoms with Crippen LogP contribution in [0.4, 0.5) is 0 Å². The summed E-state index contributed by atoms with van der Waals surface area (Å²) in [5.41, 5.74) is 0. The van der Waals surface area contributed by atoms with Crippen molar-refractivity contribution in [3.63, 3.8) is 0 Å². The second kappa shape index (κ2) is 4.07. The van der Waals surface area contributed by atoms with Crippen molar-refractivity contribution in [3.8, 4) is 11.8 Å². The van der Waals surface area contributed by atoms with Crippen LogP contribution in [-0.4, -0.2) is 6.21 Å². The van der Waals surface area contributed by atoms with Gasteiger partial charge in [-0.3, -0.25) is 0 Å². The van der Waals surface area contributed by atoms with Crippen molar-refractivity contribution in [2.75, 3.05) is 0 Å². The van der Waals surface area contributed by atoms with E-state index >= 15 is 0 Å². The van der Waals surface area contributed by atoms with Gasteiger partial charge in [-0.1, -0.05) is 23.4 Å². The molecule has 11 heavy (non-hydrogen) atoms. The highest BCUT2D eigenvalue weighted by Gasteiger charge is 1.85. The van der Waals surface area contributed by atoms with E-state index < -0.39 is 0 Å². The largest absolute Gasteiger partial charge is 0.356 e. The minimum absolute atomic E-state index is 0.624. The second-order valence-electron chi connectivity index (χ2n) is 1.77. The molecular formula is C8H6N2O. The molecule has 3 nitrogen and oxygen atoms in total. The maximum absolute atomic E-state index is 8.06. The van der Waals surface area contributed by atoms with E-state index in [1.54, 1.807) is 18.2 Å². The Kier molecular flexibility index (Phi) is 2.70. The molecule has 0 bridgehead atoms. The van der Waals surface area contributed by atoms with E-state index in [4.69, 9.17) is 10.1 Å². The van der Waals surface area contributed by atoms with Crippen LogP contribution in [0.1, 0.15) is 0 Å². The Hall–Kier alpha value is -1.82. The lowest BCUT2D eigenvalue weighted by molar-refractivity contribution is 0.344. The summed E-state index contributed by atoms with van der Waals surface area (Å²) >= 11 is 0. The zero-order valence-corrected chi connectivity index (χ0v) is 5.77. The number of nitriles is 1. The summed E-state index contributed by atoms with van der Waals surface area (Å²) in [5, 5.41) is 11.4. The summed E-state index contributed by atoms with van der Waals surface area (Å²) in [6.45, 7) is 0. The van der Waals surface area contributed by atoms with Crippen molar-refractivity contribution < 1.29 is 4.84 Å². The Bertz CT molecular complexity index is 274. The molecule has 0 amide bonds. The molecule has 0 fully saturated rings. The van der Waals surface area contributed by atoms with Gasteiger partial charge in [0.2, 0.25) is 0 Å². The first-order valence-electron chi connectivity index (χ1n) is 3.07. The number of oxime groups is 1. The summed E-state index contributed by atoms with van der Waals surface area (Å²) in [5.74, 6) is 0.624. The van der Waals surface area contributed by atoms with Gasteiger partial charge in [0.15, 0.2) is 5.75 Å². The van der Waals surface area contributed by atoms with Crippen molar-refractivity contribution in [1.29, 1.82) is 5.26 Å². The molecule has 1 rings (SSSR count). The van der Waals surface area contributed by atoms with Gasteiger partial charge in [0.1, 0.15) is 12.3 Å². The van der Waals surface area contributed by atoms with Gasteiger partial charge in [-0.25, -0.2) is 0 Å². The van der Waals surface area contributed by atoms with E-state index in [1.165, 1.54) is 0 Å². The molecule has 0 atom stereocenters. The molecule has 54 valence electrons. The van der Waals surface area contributed by atoms with Gasteiger partial charge in [-0.2, -0.15) is 5.26 Å². The first-order valence-corrected chi connectivity index (χ1v) is 3.07. The predicted molar refractivity (Wildman–Crippen MR) is 41.2 cm³/mol. The second-order valence-corrected chi connectivity index (χ2v) is 1.77. The Morgan fingerprint density at radius 2 is 2.09 bits per heavy atom. The molecule has 0 heterocycles. The molecule has 1 aromatic carbocycles.